The number of carbonyl (C=O) groups excluding carboxylic acids is 2. The fourth-order valence-electron chi connectivity index (χ4n) is 3.28. The van der Waals surface area contributed by atoms with Crippen LogP contribution in [0.3, 0.4) is 0 Å². The lowest BCUT2D eigenvalue weighted by molar-refractivity contribution is 0.0969. The second-order valence-corrected chi connectivity index (χ2v) is 6.53. The molecule has 0 aliphatic heterocycles. The molecule has 0 fully saturated rings. The van der Waals surface area contributed by atoms with Gasteiger partial charge in [0, 0.05) is 0 Å². The summed E-state index contributed by atoms with van der Waals surface area (Å²) >= 11 is 0. The highest BCUT2D eigenvalue weighted by Gasteiger charge is 2.41. The predicted molar refractivity (Wildman–Crippen MR) is 98.3 cm³/mol. The Balaban J connectivity index is 2.31. The Morgan fingerprint density at radius 3 is 1.97 bits per heavy atom. The Labute approximate surface area is 167 Å². The van der Waals surface area contributed by atoms with Crippen LogP contribution in [-0.4, -0.2) is 50.7 Å². The van der Waals surface area contributed by atoms with Gasteiger partial charge in [-0.1, -0.05) is 12.2 Å². The van der Waals surface area contributed by atoms with Crippen molar-refractivity contribution in [2.75, 3.05) is 11.9 Å². The van der Waals surface area contributed by atoms with Gasteiger partial charge >= 0.3 is 0 Å². The first-order valence-corrected chi connectivity index (χ1v) is 8.68. The molecule has 2 atom stereocenters. The lowest BCUT2D eigenvalue weighted by atomic mass is 9.81. The number of aromatic hydroxyl groups is 2. The number of aliphatic hydroxyl groups is 2. The number of halogens is 3. The number of rotatable bonds is 5. The molecule has 0 bridgehead atoms. The van der Waals surface area contributed by atoms with Gasteiger partial charge < -0.3 is 25.7 Å². The summed E-state index contributed by atoms with van der Waals surface area (Å²) in [6.07, 6.45) is 1.21. The highest BCUT2D eigenvalue weighted by molar-refractivity contribution is 6.32. The van der Waals surface area contributed by atoms with Gasteiger partial charge in [-0.15, -0.1) is 0 Å². The smallest absolute Gasteiger partial charge is 0.201 e. The first kappa shape index (κ1) is 21.3. The van der Waals surface area contributed by atoms with E-state index in [0.29, 0.717) is 0 Å². The highest BCUT2D eigenvalue weighted by Crippen LogP contribution is 2.42. The summed E-state index contributed by atoms with van der Waals surface area (Å²) in [6, 6.07) is 0.433. The first-order chi connectivity index (χ1) is 14.1. The number of hydrogen-bond acceptors (Lipinski definition) is 7. The van der Waals surface area contributed by atoms with Crippen molar-refractivity contribution in [3.63, 3.8) is 0 Å². The van der Waals surface area contributed by atoms with E-state index >= 15 is 0 Å². The van der Waals surface area contributed by atoms with Crippen LogP contribution >= 0.6 is 0 Å². The minimum Gasteiger partial charge on any atom is -0.507 e. The van der Waals surface area contributed by atoms with E-state index in [2.05, 4.69) is 5.32 Å². The summed E-state index contributed by atoms with van der Waals surface area (Å²) in [4.78, 5) is 25.7. The summed E-state index contributed by atoms with van der Waals surface area (Å²) in [5.74, 6) is -9.99. The van der Waals surface area contributed by atoms with Gasteiger partial charge in [0.05, 0.1) is 46.7 Å². The number of fused-ring (bicyclic) bond motifs is 2. The molecule has 2 aromatic carbocycles. The van der Waals surface area contributed by atoms with Crippen LogP contribution in [0.1, 0.15) is 38.8 Å². The molecule has 0 saturated heterocycles. The molecular weight excluding hydrogens is 407 g/mol. The third kappa shape index (κ3) is 3.10. The normalized spacial score (nSPS) is 15.1. The van der Waals surface area contributed by atoms with E-state index in [1.165, 1.54) is 12.2 Å². The molecule has 0 amide bonds. The van der Waals surface area contributed by atoms with Gasteiger partial charge in [-0.05, 0) is 19.1 Å². The molecule has 0 heterocycles. The van der Waals surface area contributed by atoms with E-state index in [4.69, 9.17) is 0 Å². The van der Waals surface area contributed by atoms with E-state index in [1.54, 1.807) is 6.92 Å². The van der Waals surface area contributed by atoms with Crippen molar-refractivity contribution in [2.24, 2.45) is 0 Å². The zero-order valence-corrected chi connectivity index (χ0v) is 15.4. The summed E-state index contributed by atoms with van der Waals surface area (Å²) in [7, 11) is 0. The maximum atomic E-state index is 14.6. The lowest BCUT2D eigenvalue weighted by Gasteiger charge is -2.27. The van der Waals surface area contributed by atoms with Crippen LogP contribution in [0, 0.1) is 17.5 Å². The predicted octanol–water partition coefficient (Wildman–Crippen LogP) is 2.00. The zero-order chi connectivity index (χ0) is 22.3. The lowest BCUT2D eigenvalue weighted by Crippen LogP contribution is -2.37. The van der Waals surface area contributed by atoms with Crippen molar-refractivity contribution < 1.29 is 43.2 Å². The number of hydrogen-bond donors (Lipinski definition) is 5. The maximum Gasteiger partial charge on any atom is 0.201 e. The molecule has 30 heavy (non-hydrogen) atoms. The number of ketones is 2. The van der Waals surface area contributed by atoms with E-state index in [1.807, 2.05) is 0 Å². The molecule has 0 radical (unpaired) electrons. The number of carbonyl (C=O) groups is 2. The molecule has 1 aliphatic carbocycles. The van der Waals surface area contributed by atoms with Gasteiger partial charge in [0.25, 0.3) is 0 Å². The van der Waals surface area contributed by atoms with Gasteiger partial charge in [-0.3, -0.25) is 9.59 Å². The van der Waals surface area contributed by atoms with Gasteiger partial charge in [0.2, 0.25) is 11.6 Å². The average molecular weight is 423 g/mol. The monoisotopic (exact) mass is 423 g/mol. The largest absolute Gasteiger partial charge is 0.507 e. The van der Waals surface area contributed by atoms with Crippen LogP contribution in [0.25, 0.3) is 0 Å². The molecule has 3 rings (SSSR count). The van der Waals surface area contributed by atoms with E-state index < -0.39 is 87.2 Å². The van der Waals surface area contributed by atoms with Crippen molar-refractivity contribution in [1.29, 1.82) is 0 Å². The molecule has 1 aliphatic rings. The van der Waals surface area contributed by atoms with Crippen molar-refractivity contribution >= 4 is 17.3 Å². The van der Waals surface area contributed by atoms with Crippen molar-refractivity contribution in [3.05, 3.63) is 64.0 Å². The SMILES string of the molecule is CC=CC(O)C(CO)Nc1c(F)c(F)c(F)c2c1C(=O)c1c(O)ccc(O)c1C2=O. The number of anilines is 1. The average Bonchev–Trinajstić information content (AvgIpc) is 2.71. The molecule has 0 aromatic heterocycles. The number of allylic oxidation sites excluding steroid dienone is 1. The van der Waals surface area contributed by atoms with Gasteiger partial charge in [-0.25, -0.2) is 13.2 Å². The summed E-state index contributed by atoms with van der Waals surface area (Å²) in [5.41, 5.74) is -4.52. The standard InChI is InChI=1S/C20H16F3NO6/c1-2-3-8(26)7(6-25)24-18-14-13(15(21)16(22)17(18)23)19(29)11-9(27)4-5-10(28)12(11)20(14)30/h2-5,7-8,24-28H,6H2,1H3. The van der Waals surface area contributed by atoms with Crippen LogP contribution in [0.2, 0.25) is 0 Å². The quantitative estimate of drug-likeness (QED) is 0.241. The van der Waals surface area contributed by atoms with E-state index in [0.717, 1.165) is 12.1 Å². The van der Waals surface area contributed by atoms with Crippen molar-refractivity contribution in [1.82, 2.24) is 0 Å². The van der Waals surface area contributed by atoms with E-state index in [9.17, 15) is 43.2 Å². The number of phenols is 2. The molecular formula is C20H16F3NO6. The molecule has 10 heteroatoms. The minimum atomic E-state index is -2.07. The zero-order valence-electron chi connectivity index (χ0n) is 15.4. The van der Waals surface area contributed by atoms with E-state index in [-0.39, 0.29) is 0 Å². The van der Waals surface area contributed by atoms with Crippen LogP contribution in [0.5, 0.6) is 11.5 Å². The van der Waals surface area contributed by atoms with Crippen LogP contribution in [-0.2, 0) is 0 Å². The topological polar surface area (TPSA) is 127 Å². The first-order valence-electron chi connectivity index (χ1n) is 8.68. The Morgan fingerprint density at radius 2 is 1.47 bits per heavy atom. The molecule has 0 saturated carbocycles. The minimum absolute atomic E-state index is 0.712. The fourth-order valence-corrected chi connectivity index (χ4v) is 3.28. The summed E-state index contributed by atoms with van der Waals surface area (Å²) < 4.78 is 43.4. The third-order valence-corrected chi connectivity index (χ3v) is 4.72. The number of nitrogens with one attached hydrogen (secondary N) is 1. The summed E-state index contributed by atoms with van der Waals surface area (Å²) in [6.45, 7) is 0.746. The van der Waals surface area contributed by atoms with Crippen LogP contribution < -0.4 is 5.32 Å². The number of phenolic OH excluding ortho intramolecular Hbond substituents is 2. The van der Waals surface area contributed by atoms with Crippen LogP contribution in [0.4, 0.5) is 18.9 Å². The maximum absolute atomic E-state index is 14.6. The molecule has 7 nitrogen and oxygen atoms in total. The molecule has 5 N–H and O–H groups in total. The second kappa shape index (κ2) is 7.81. The van der Waals surface area contributed by atoms with Crippen molar-refractivity contribution in [2.45, 2.75) is 19.1 Å². The number of benzene rings is 2. The molecule has 2 unspecified atom stereocenters. The molecule has 0 spiro atoms. The molecule has 2 aromatic rings. The molecule has 158 valence electrons. The van der Waals surface area contributed by atoms with Crippen molar-refractivity contribution in [3.8, 4) is 11.5 Å². The van der Waals surface area contributed by atoms with Gasteiger partial charge in [0.1, 0.15) is 11.5 Å². The Morgan fingerprint density at radius 1 is 0.933 bits per heavy atom. The Bertz CT molecular complexity index is 1100. The van der Waals surface area contributed by atoms with Gasteiger partial charge in [0.15, 0.2) is 17.5 Å². The van der Waals surface area contributed by atoms with Crippen LogP contribution in [0.15, 0.2) is 24.3 Å². The Kier molecular flexibility index (Phi) is 5.55. The summed E-state index contributed by atoms with van der Waals surface area (Å²) in [5, 5.41) is 41.7. The third-order valence-electron chi connectivity index (χ3n) is 4.72. The Hall–Kier alpha value is -3.37. The second-order valence-electron chi connectivity index (χ2n) is 6.53. The van der Waals surface area contributed by atoms with Gasteiger partial charge in [-0.2, -0.15) is 0 Å². The number of aliphatic hydroxyl groups excluding tert-OH is 2. The highest BCUT2D eigenvalue weighted by atomic mass is 19.2. The fraction of sp³-hybridized carbons (Fsp3) is 0.200.